The van der Waals surface area contributed by atoms with Crippen LogP contribution >= 0.6 is 0 Å². The summed E-state index contributed by atoms with van der Waals surface area (Å²) in [7, 11) is 1.66. The van der Waals surface area contributed by atoms with Crippen molar-refractivity contribution >= 4 is 40.0 Å². The van der Waals surface area contributed by atoms with Crippen LogP contribution in [0.25, 0.3) is 27.7 Å². The fraction of sp³-hybridized carbons (Fsp3) is 0.300. The van der Waals surface area contributed by atoms with Gasteiger partial charge in [-0.1, -0.05) is 31.4 Å². The molecule has 3 aromatic rings. The molecule has 11 nitrogen and oxygen atoms in total. The lowest BCUT2D eigenvalue weighted by Crippen LogP contribution is -2.44. The molecule has 1 aromatic heterocycles. The van der Waals surface area contributed by atoms with Gasteiger partial charge < -0.3 is 24.6 Å². The Hall–Kier alpha value is -4.77. The highest BCUT2D eigenvalue weighted by Gasteiger charge is 2.26. The van der Waals surface area contributed by atoms with Gasteiger partial charge in [-0.3, -0.25) is 23.7 Å². The first-order chi connectivity index (χ1) is 19.7. The molecule has 1 fully saturated rings. The minimum absolute atomic E-state index is 0.00985. The van der Waals surface area contributed by atoms with Crippen LogP contribution < -0.4 is 20.5 Å². The summed E-state index contributed by atoms with van der Waals surface area (Å²) >= 11 is 0. The van der Waals surface area contributed by atoms with E-state index in [1.165, 1.54) is 13.3 Å². The number of fused-ring (bicyclic) bond motifs is 2. The molecular weight excluding hydrogens is 526 g/mol. The second-order valence-electron chi connectivity index (χ2n) is 9.96. The van der Waals surface area contributed by atoms with E-state index in [0.29, 0.717) is 61.7 Å². The SMILES string of the molecule is C=C(NC(=O)C(=C)n1cnc2c(-c3ccc4c(c3)OCCN4C(C)=O)cccc2c1=O)C(=O)N(C)C1CCOCC1. The van der Waals surface area contributed by atoms with E-state index in [2.05, 4.69) is 23.5 Å². The Labute approximate surface area is 236 Å². The number of rotatable bonds is 6. The lowest BCUT2D eigenvalue weighted by Gasteiger charge is -2.31. The van der Waals surface area contributed by atoms with Crippen LogP contribution in [0.2, 0.25) is 0 Å². The van der Waals surface area contributed by atoms with Gasteiger partial charge in [-0.15, -0.1) is 0 Å². The molecule has 3 amide bonds. The smallest absolute Gasteiger partial charge is 0.272 e. The zero-order chi connectivity index (χ0) is 29.3. The Bertz CT molecular complexity index is 1640. The maximum atomic E-state index is 13.4. The molecule has 5 rings (SSSR count). The summed E-state index contributed by atoms with van der Waals surface area (Å²) in [5.74, 6) is -0.674. The summed E-state index contributed by atoms with van der Waals surface area (Å²) in [6.07, 6.45) is 2.64. The molecule has 41 heavy (non-hydrogen) atoms. The number of hydrogen-bond donors (Lipinski definition) is 1. The van der Waals surface area contributed by atoms with Gasteiger partial charge in [0.15, 0.2) is 0 Å². The number of anilines is 1. The first-order valence-corrected chi connectivity index (χ1v) is 13.3. The van der Waals surface area contributed by atoms with E-state index in [1.807, 2.05) is 24.3 Å². The van der Waals surface area contributed by atoms with Gasteiger partial charge in [0.1, 0.15) is 24.4 Å². The molecule has 11 heteroatoms. The van der Waals surface area contributed by atoms with E-state index < -0.39 is 17.4 Å². The summed E-state index contributed by atoms with van der Waals surface area (Å²) in [6.45, 7) is 11.0. The molecular formula is C30H31N5O6. The van der Waals surface area contributed by atoms with Gasteiger partial charge in [0.25, 0.3) is 17.4 Å². The lowest BCUT2D eigenvalue weighted by atomic mass is 10.0. The number of aromatic nitrogens is 2. The maximum Gasteiger partial charge on any atom is 0.272 e. The summed E-state index contributed by atoms with van der Waals surface area (Å²) in [4.78, 5) is 58.9. The first-order valence-electron chi connectivity index (χ1n) is 13.3. The predicted molar refractivity (Wildman–Crippen MR) is 154 cm³/mol. The predicted octanol–water partition coefficient (Wildman–Crippen LogP) is 2.55. The van der Waals surface area contributed by atoms with Gasteiger partial charge in [-0.25, -0.2) is 4.98 Å². The highest BCUT2D eigenvalue weighted by molar-refractivity contribution is 6.15. The van der Waals surface area contributed by atoms with E-state index in [9.17, 15) is 19.2 Å². The van der Waals surface area contributed by atoms with Gasteiger partial charge in [-0.05, 0) is 36.6 Å². The van der Waals surface area contributed by atoms with E-state index in [4.69, 9.17) is 9.47 Å². The third-order valence-electron chi connectivity index (χ3n) is 7.44. The normalized spacial score (nSPS) is 15.0. The van der Waals surface area contributed by atoms with Crippen molar-refractivity contribution in [3.63, 3.8) is 0 Å². The monoisotopic (exact) mass is 557 g/mol. The molecule has 212 valence electrons. The second-order valence-corrected chi connectivity index (χ2v) is 9.96. The number of nitrogens with zero attached hydrogens (tertiary/aromatic N) is 4. The molecule has 0 spiro atoms. The molecule has 2 aliphatic rings. The van der Waals surface area contributed by atoms with Crippen molar-refractivity contribution < 1.29 is 23.9 Å². The van der Waals surface area contributed by atoms with Gasteiger partial charge >= 0.3 is 0 Å². The van der Waals surface area contributed by atoms with Crippen molar-refractivity contribution in [1.82, 2.24) is 19.8 Å². The number of nitrogens with one attached hydrogen (secondary N) is 1. The van der Waals surface area contributed by atoms with Crippen molar-refractivity contribution in [3.05, 3.63) is 71.9 Å². The summed E-state index contributed by atoms with van der Waals surface area (Å²) < 4.78 is 12.2. The molecule has 0 atom stereocenters. The summed E-state index contributed by atoms with van der Waals surface area (Å²) in [6, 6.07) is 10.6. The average molecular weight is 558 g/mol. The zero-order valence-corrected chi connectivity index (χ0v) is 23.0. The summed E-state index contributed by atoms with van der Waals surface area (Å²) in [5, 5.41) is 2.74. The molecule has 0 bridgehead atoms. The Morgan fingerprint density at radius 3 is 2.59 bits per heavy atom. The Morgan fingerprint density at radius 1 is 1.10 bits per heavy atom. The number of carbonyl (C=O) groups is 3. The van der Waals surface area contributed by atoms with E-state index in [1.54, 1.807) is 29.0 Å². The molecule has 0 unspecified atom stereocenters. The minimum atomic E-state index is -0.745. The number of para-hydroxylation sites is 1. The third kappa shape index (κ3) is 5.36. The quantitative estimate of drug-likeness (QED) is 0.462. The van der Waals surface area contributed by atoms with Crippen LogP contribution in [0.15, 0.2) is 66.4 Å². The van der Waals surface area contributed by atoms with Crippen LogP contribution in [-0.2, 0) is 19.1 Å². The number of benzene rings is 2. The first kappa shape index (κ1) is 27.8. The maximum absolute atomic E-state index is 13.4. The molecule has 2 aromatic carbocycles. The molecule has 0 aliphatic carbocycles. The lowest BCUT2D eigenvalue weighted by molar-refractivity contribution is -0.131. The van der Waals surface area contributed by atoms with Gasteiger partial charge in [0.05, 0.1) is 28.8 Å². The zero-order valence-electron chi connectivity index (χ0n) is 23.0. The van der Waals surface area contributed by atoms with Crippen molar-refractivity contribution in [2.45, 2.75) is 25.8 Å². The van der Waals surface area contributed by atoms with E-state index in [0.717, 1.165) is 10.1 Å². The van der Waals surface area contributed by atoms with Crippen molar-refractivity contribution in [1.29, 1.82) is 0 Å². The minimum Gasteiger partial charge on any atom is -0.490 e. The topological polar surface area (TPSA) is 123 Å². The summed E-state index contributed by atoms with van der Waals surface area (Å²) in [5.41, 5.74) is 1.73. The Balaban J connectivity index is 1.38. The molecule has 1 N–H and O–H groups in total. The van der Waals surface area contributed by atoms with Gasteiger partial charge in [0.2, 0.25) is 5.91 Å². The molecule has 2 aliphatic heterocycles. The van der Waals surface area contributed by atoms with Crippen LogP contribution in [-0.4, -0.2) is 71.6 Å². The number of likely N-dealkylation sites (N-methyl/N-ethyl adjacent to an activating group) is 1. The third-order valence-corrected chi connectivity index (χ3v) is 7.44. The largest absolute Gasteiger partial charge is 0.490 e. The fourth-order valence-corrected chi connectivity index (χ4v) is 5.12. The van der Waals surface area contributed by atoms with Gasteiger partial charge in [-0.2, -0.15) is 0 Å². The molecule has 1 saturated heterocycles. The van der Waals surface area contributed by atoms with Crippen LogP contribution in [0, 0.1) is 0 Å². The number of carbonyl (C=O) groups excluding carboxylic acids is 3. The number of ether oxygens (including phenoxy) is 2. The molecule has 3 heterocycles. The molecule has 0 saturated carbocycles. The standard InChI is InChI=1S/C30H31N5O6/c1-18(29(38)33(4)22-10-13-40-14-11-22)32-28(37)19(2)35-17-31-27-23(6-5-7-24(27)30(35)39)21-8-9-25-26(16-21)41-15-12-34(25)20(3)36/h5-9,16-17,22H,1-2,10-15H2,3-4H3,(H,32,37). The van der Waals surface area contributed by atoms with Gasteiger partial charge in [0, 0.05) is 38.8 Å². The van der Waals surface area contributed by atoms with E-state index in [-0.39, 0.29) is 28.7 Å². The Morgan fingerprint density at radius 2 is 1.85 bits per heavy atom. The highest BCUT2D eigenvalue weighted by Crippen LogP contribution is 2.37. The van der Waals surface area contributed by atoms with E-state index >= 15 is 0 Å². The van der Waals surface area contributed by atoms with Crippen LogP contribution in [0.3, 0.4) is 0 Å². The number of amides is 3. The van der Waals surface area contributed by atoms with Crippen molar-refractivity contribution in [3.8, 4) is 16.9 Å². The molecule has 0 radical (unpaired) electrons. The van der Waals surface area contributed by atoms with Crippen molar-refractivity contribution in [2.24, 2.45) is 0 Å². The van der Waals surface area contributed by atoms with Crippen molar-refractivity contribution in [2.75, 3.05) is 38.3 Å². The fourth-order valence-electron chi connectivity index (χ4n) is 5.12. The number of hydrogen-bond acceptors (Lipinski definition) is 7. The van der Waals surface area contributed by atoms with Crippen LogP contribution in [0.1, 0.15) is 19.8 Å². The average Bonchev–Trinajstić information content (AvgIpc) is 2.99. The highest BCUT2D eigenvalue weighted by atomic mass is 16.5. The Kier molecular flexibility index (Phi) is 7.71. The van der Waals surface area contributed by atoms with Crippen LogP contribution in [0.5, 0.6) is 5.75 Å². The van der Waals surface area contributed by atoms with Crippen LogP contribution in [0.4, 0.5) is 5.69 Å². The second kappa shape index (κ2) is 11.4.